The van der Waals surface area contributed by atoms with Crippen molar-refractivity contribution in [3.05, 3.63) is 34.6 Å². The van der Waals surface area contributed by atoms with Crippen LogP contribution in [0.4, 0.5) is 4.39 Å². The molecule has 2 fully saturated rings. The van der Waals surface area contributed by atoms with Gasteiger partial charge in [-0.05, 0) is 44.6 Å². The molecule has 29 heavy (non-hydrogen) atoms. The van der Waals surface area contributed by atoms with Gasteiger partial charge in [-0.15, -0.1) is 0 Å². The van der Waals surface area contributed by atoms with Gasteiger partial charge in [0.1, 0.15) is 11.5 Å². The zero-order chi connectivity index (χ0) is 20.6. The summed E-state index contributed by atoms with van der Waals surface area (Å²) in [5, 5.41) is 4.31. The van der Waals surface area contributed by atoms with Crippen LogP contribution < -0.4 is 0 Å². The topological polar surface area (TPSA) is 48.4 Å². The van der Waals surface area contributed by atoms with E-state index in [-0.39, 0.29) is 10.9 Å². The Morgan fingerprint density at radius 3 is 2.79 bits per heavy atom. The zero-order valence-corrected chi connectivity index (χ0v) is 17.8. The lowest BCUT2D eigenvalue weighted by molar-refractivity contribution is -0.125. The highest BCUT2D eigenvalue weighted by Crippen LogP contribution is 2.35. The maximum atomic E-state index is 13.7. The number of halogens is 2. The summed E-state index contributed by atoms with van der Waals surface area (Å²) >= 11 is 5.77. The van der Waals surface area contributed by atoms with E-state index in [0.29, 0.717) is 31.3 Å². The standard InChI is InChI=1S/C21H28ClFN4O2/c1-25(2)16-5-8-27(9-6-16)20(28)19-12-21(29-24-19)7-10-26(14-21)13-15-3-4-17(22)18(23)11-15/h3-4,11,16H,5-10,12-14H2,1-2H3. The Hall–Kier alpha value is -1.70. The SMILES string of the molecule is CN(C)C1CCN(C(=O)C2=NOC3(CCN(Cc4ccc(Cl)c(F)c4)C3)C2)CC1. The number of amides is 1. The summed E-state index contributed by atoms with van der Waals surface area (Å²) in [6.07, 6.45) is 3.34. The average Bonchev–Trinajstić information content (AvgIpc) is 3.31. The van der Waals surface area contributed by atoms with Crippen molar-refractivity contribution in [2.75, 3.05) is 40.3 Å². The fraction of sp³-hybridized carbons (Fsp3) is 0.619. The summed E-state index contributed by atoms with van der Waals surface area (Å²) < 4.78 is 13.7. The molecule has 0 aliphatic carbocycles. The van der Waals surface area contributed by atoms with Gasteiger partial charge < -0.3 is 14.6 Å². The molecule has 4 rings (SSSR count). The van der Waals surface area contributed by atoms with Crippen LogP contribution in [0.25, 0.3) is 0 Å². The molecule has 1 aromatic carbocycles. The van der Waals surface area contributed by atoms with Crippen LogP contribution >= 0.6 is 11.6 Å². The Balaban J connectivity index is 1.31. The Kier molecular flexibility index (Phi) is 5.82. The Labute approximate surface area is 176 Å². The van der Waals surface area contributed by atoms with E-state index in [0.717, 1.165) is 44.5 Å². The number of nitrogens with zero attached hydrogens (tertiary/aromatic N) is 4. The van der Waals surface area contributed by atoms with Crippen LogP contribution in [-0.4, -0.2) is 78.2 Å². The Morgan fingerprint density at radius 1 is 1.34 bits per heavy atom. The van der Waals surface area contributed by atoms with E-state index in [4.69, 9.17) is 16.4 Å². The summed E-state index contributed by atoms with van der Waals surface area (Å²) in [6.45, 7) is 3.67. The monoisotopic (exact) mass is 422 g/mol. The number of carbonyl (C=O) groups is 1. The minimum atomic E-state index is -0.433. The third-order valence-corrected chi connectivity index (χ3v) is 6.66. The molecule has 3 aliphatic heterocycles. The molecule has 158 valence electrons. The number of rotatable bonds is 4. The van der Waals surface area contributed by atoms with Crippen LogP contribution in [0.5, 0.6) is 0 Å². The predicted molar refractivity (Wildman–Crippen MR) is 110 cm³/mol. The van der Waals surface area contributed by atoms with Crippen molar-refractivity contribution in [2.24, 2.45) is 5.16 Å². The van der Waals surface area contributed by atoms with Crippen LogP contribution in [0.3, 0.4) is 0 Å². The van der Waals surface area contributed by atoms with Gasteiger partial charge in [0.15, 0.2) is 5.60 Å². The van der Waals surface area contributed by atoms with Gasteiger partial charge >= 0.3 is 0 Å². The van der Waals surface area contributed by atoms with Crippen LogP contribution in [0, 0.1) is 5.82 Å². The second kappa shape index (κ2) is 8.20. The third kappa shape index (κ3) is 4.42. The van der Waals surface area contributed by atoms with Crippen molar-refractivity contribution in [2.45, 2.75) is 43.9 Å². The van der Waals surface area contributed by atoms with E-state index in [1.807, 2.05) is 11.0 Å². The molecule has 1 atom stereocenters. The first kappa shape index (κ1) is 20.6. The highest BCUT2D eigenvalue weighted by atomic mass is 35.5. The van der Waals surface area contributed by atoms with Gasteiger partial charge in [0.25, 0.3) is 5.91 Å². The molecule has 1 amide bonds. The molecule has 1 unspecified atom stereocenters. The zero-order valence-electron chi connectivity index (χ0n) is 17.0. The van der Waals surface area contributed by atoms with Gasteiger partial charge in [-0.2, -0.15) is 0 Å². The number of carbonyl (C=O) groups excluding carboxylic acids is 1. The maximum Gasteiger partial charge on any atom is 0.271 e. The smallest absolute Gasteiger partial charge is 0.271 e. The normalized spacial score (nSPS) is 25.7. The molecule has 2 saturated heterocycles. The van der Waals surface area contributed by atoms with Crippen LogP contribution in [0.1, 0.15) is 31.2 Å². The quantitative estimate of drug-likeness (QED) is 0.748. The number of hydrogen-bond donors (Lipinski definition) is 0. The first-order valence-electron chi connectivity index (χ1n) is 10.2. The Bertz CT molecular complexity index is 810. The summed E-state index contributed by atoms with van der Waals surface area (Å²) in [5.74, 6) is -0.387. The van der Waals surface area contributed by atoms with Gasteiger partial charge in [-0.25, -0.2) is 4.39 Å². The molecular weight excluding hydrogens is 395 g/mol. The van der Waals surface area contributed by atoms with E-state index in [9.17, 15) is 9.18 Å². The van der Waals surface area contributed by atoms with E-state index in [2.05, 4.69) is 29.1 Å². The lowest BCUT2D eigenvalue weighted by atomic mass is 9.95. The largest absolute Gasteiger partial charge is 0.387 e. The van der Waals surface area contributed by atoms with Crippen molar-refractivity contribution >= 4 is 23.2 Å². The molecule has 0 N–H and O–H groups in total. The Morgan fingerprint density at radius 2 is 2.10 bits per heavy atom. The van der Waals surface area contributed by atoms with E-state index < -0.39 is 11.4 Å². The molecule has 6 nitrogen and oxygen atoms in total. The van der Waals surface area contributed by atoms with E-state index >= 15 is 0 Å². The fourth-order valence-corrected chi connectivity index (χ4v) is 4.70. The molecule has 3 heterocycles. The van der Waals surface area contributed by atoms with Crippen molar-refractivity contribution in [3.8, 4) is 0 Å². The average molecular weight is 423 g/mol. The van der Waals surface area contributed by atoms with Crippen LogP contribution in [-0.2, 0) is 16.2 Å². The molecule has 0 radical (unpaired) electrons. The number of likely N-dealkylation sites (tertiary alicyclic amines) is 2. The second-order valence-corrected chi connectivity index (χ2v) is 9.09. The number of benzene rings is 1. The van der Waals surface area contributed by atoms with Crippen molar-refractivity contribution in [1.82, 2.24) is 14.7 Å². The second-order valence-electron chi connectivity index (χ2n) is 8.69. The van der Waals surface area contributed by atoms with Gasteiger partial charge in [-0.3, -0.25) is 9.69 Å². The van der Waals surface area contributed by atoms with Crippen molar-refractivity contribution in [1.29, 1.82) is 0 Å². The summed E-state index contributed by atoms with van der Waals surface area (Å²) in [6, 6.07) is 5.44. The lowest BCUT2D eigenvalue weighted by Crippen LogP contribution is -2.47. The predicted octanol–water partition coefficient (Wildman–Crippen LogP) is 2.75. The number of oxime groups is 1. The molecular formula is C21H28ClFN4O2. The van der Waals surface area contributed by atoms with Crippen LogP contribution in [0.2, 0.25) is 5.02 Å². The minimum absolute atomic E-state index is 0.0114. The highest BCUT2D eigenvalue weighted by Gasteiger charge is 2.47. The number of hydrogen-bond acceptors (Lipinski definition) is 5. The fourth-order valence-electron chi connectivity index (χ4n) is 4.58. The molecule has 3 aliphatic rings. The van der Waals surface area contributed by atoms with E-state index in [1.165, 1.54) is 6.07 Å². The minimum Gasteiger partial charge on any atom is -0.387 e. The van der Waals surface area contributed by atoms with Crippen LogP contribution in [0.15, 0.2) is 23.4 Å². The van der Waals surface area contributed by atoms with E-state index in [1.54, 1.807) is 6.07 Å². The number of piperidine rings is 1. The molecule has 0 bridgehead atoms. The highest BCUT2D eigenvalue weighted by molar-refractivity contribution is 6.39. The van der Waals surface area contributed by atoms with Crippen molar-refractivity contribution in [3.63, 3.8) is 0 Å². The first-order valence-corrected chi connectivity index (χ1v) is 10.6. The summed E-state index contributed by atoms with van der Waals surface area (Å²) in [4.78, 5) is 25.0. The van der Waals surface area contributed by atoms with Gasteiger partial charge in [0.05, 0.1) is 5.02 Å². The summed E-state index contributed by atoms with van der Waals surface area (Å²) in [7, 11) is 4.18. The molecule has 8 heteroatoms. The van der Waals surface area contributed by atoms with Gasteiger partial charge in [-0.1, -0.05) is 22.8 Å². The third-order valence-electron chi connectivity index (χ3n) is 6.35. The maximum absolute atomic E-state index is 13.7. The molecule has 1 aromatic rings. The summed E-state index contributed by atoms with van der Waals surface area (Å²) in [5.41, 5.74) is 0.980. The molecule has 0 aromatic heterocycles. The molecule has 1 spiro atoms. The lowest BCUT2D eigenvalue weighted by Gasteiger charge is -2.35. The molecule has 0 saturated carbocycles. The first-order chi connectivity index (χ1) is 13.8. The van der Waals surface area contributed by atoms with Crippen molar-refractivity contribution < 1.29 is 14.0 Å². The van der Waals surface area contributed by atoms with Gasteiger partial charge in [0.2, 0.25) is 0 Å². The van der Waals surface area contributed by atoms with Gasteiger partial charge in [0, 0.05) is 51.6 Å².